The van der Waals surface area contributed by atoms with Crippen molar-refractivity contribution in [3.05, 3.63) is 34.4 Å². The lowest BCUT2D eigenvalue weighted by molar-refractivity contribution is 0.506. The van der Waals surface area contributed by atoms with E-state index in [9.17, 15) is 8.78 Å². The van der Waals surface area contributed by atoms with Crippen molar-refractivity contribution in [1.29, 1.82) is 0 Å². The fourth-order valence-corrected chi connectivity index (χ4v) is 1.12. The van der Waals surface area contributed by atoms with E-state index < -0.39 is 11.6 Å². The molecule has 0 aliphatic carbocycles. The van der Waals surface area contributed by atoms with Crippen LogP contribution in [0.2, 0.25) is 5.02 Å². The minimum Gasteiger partial charge on any atom is -0.204 e. The van der Waals surface area contributed by atoms with Crippen molar-refractivity contribution in [2.24, 2.45) is 0 Å². The van der Waals surface area contributed by atoms with Crippen LogP contribution in [0.1, 0.15) is 25.3 Å². The van der Waals surface area contributed by atoms with Crippen LogP contribution in [0.5, 0.6) is 0 Å². The van der Waals surface area contributed by atoms with Crippen LogP contribution in [0.15, 0.2) is 12.1 Å². The summed E-state index contributed by atoms with van der Waals surface area (Å²) in [6.07, 6.45) is 0. The molecule has 0 bridgehead atoms. The van der Waals surface area contributed by atoms with Gasteiger partial charge in [0.05, 0.1) is 5.02 Å². The molecule has 0 fully saturated rings. The summed E-state index contributed by atoms with van der Waals surface area (Å²) in [4.78, 5) is 0. The SMILES string of the molecule is CC(C)c1cc(F)c(F)c(Cl)c1. The highest BCUT2D eigenvalue weighted by Gasteiger charge is 2.10. The van der Waals surface area contributed by atoms with Crippen molar-refractivity contribution in [3.8, 4) is 0 Å². The highest BCUT2D eigenvalue weighted by atomic mass is 35.5. The van der Waals surface area contributed by atoms with Gasteiger partial charge in [0.2, 0.25) is 0 Å². The Morgan fingerprint density at radius 2 is 1.83 bits per heavy atom. The van der Waals surface area contributed by atoms with Gasteiger partial charge < -0.3 is 0 Å². The van der Waals surface area contributed by atoms with Crippen molar-refractivity contribution in [1.82, 2.24) is 0 Å². The van der Waals surface area contributed by atoms with Gasteiger partial charge in [0.1, 0.15) is 0 Å². The minimum absolute atomic E-state index is 0.151. The van der Waals surface area contributed by atoms with Crippen LogP contribution >= 0.6 is 11.6 Å². The van der Waals surface area contributed by atoms with E-state index in [2.05, 4.69) is 0 Å². The molecule has 0 aromatic heterocycles. The smallest absolute Gasteiger partial charge is 0.177 e. The summed E-state index contributed by atoms with van der Waals surface area (Å²) in [6, 6.07) is 2.62. The molecule has 0 saturated carbocycles. The van der Waals surface area contributed by atoms with Crippen LogP contribution in [0.4, 0.5) is 8.78 Å². The molecule has 0 nitrogen and oxygen atoms in total. The van der Waals surface area contributed by atoms with E-state index >= 15 is 0 Å². The van der Waals surface area contributed by atoms with Gasteiger partial charge >= 0.3 is 0 Å². The molecule has 1 rings (SSSR count). The first-order valence-corrected chi connectivity index (χ1v) is 4.04. The van der Waals surface area contributed by atoms with Crippen LogP contribution in [-0.4, -0.2) is 0 Å². The van der Waals surface area contributed by atoms with E-state index in [1.54, 1.807) is 0 Å². The van der Waals surface area contributed by atoms with Crippen LogP contribution in [0, 0.1) is 11.6 Å². The first-order valence-electron chi connectivity index (χ1n) is 3.67. The number of rotatable bonds is 1. The summed E-state index contributed by atoms with van der Waals surface area (Å²) >= 11 is 5.45. The molecule has 0 unspecified atom stereocenters. The molecule has 0 atom stereocenters. The Morgan fingerprint density at radius 3 is 2.25 bits per heavy atom. The summed E-state index contributed by atoms with van der Waals surface area (Å²) in [6.45, 7) is 3.78. The zero-order valence-corrected chi connectivity index (χ0v) is 7.62. The maximum absolute atomic E-state index is 12.7. The largest absolute Gasteiger partial charge is 0.204 e. The van der Waals surface area contributed by atoms with Crippen LogP contribution < -0.4 is 0 Å². The molecule has 1 aromatic carbocycles. The van der Waals surface area contributed by atoms with Gasteiger partial charge in [0, 0.05) is 0 Å². The van der Waals surface area contributed by atoms with Gasteiger partial charge in [0.15, 0.2) is 11.6 Å². The highest BCUT2D eigenvalue weighted by molar-refractivity contribution is 6.30. The number of halogens is 3. The second-order valence-corrected chi connectivity index (χ2v) is 3.36. The first-order chi connectivity index (χ1) is 5.52. The molecule has 12 heavy (non-hydrogen) atoms. The second-order valence-electron chi connectivity index (χ2n) is 2.95. The van der Waals surface area contributed by atoms with Crippen LogP contribution in [0.3, 0.4) is 0 Å². The topological polar surface area (TPSA) is 0 Å². The van der Waals surface area contributed by atoms with E-state index in [0.29, 0.717) is 5.56 Å². The van der Waals surface area contributed by atoms with Crippen LogP contribution in [0.25, 0.3) is 0 Å². The van der Waals surface area contributed by atoms with Crippen molar-refractivity contribution < 1.29 is 8.78 Å². The first kappa shape index (κ1) is 9.46. The Kier molecular flexibility index (Phi) is 2.68. The monoisotopic (exact) mass is 190 g/mol. The van der Waals surface area contributed by atoms with E-state index in [-0.39, 0.29) is 10.9 Å². The third kappa shape index (κ3) is 1.75. The van der Waals surface area contributed by atoms with Crippen LogP contribution in [-0.2, 0) is 0 Å². The molecule has 3 heteroatoms. The third-order valence-electron chi connectivity index (χ3n) is 1.67. The Bertz CT molecular complexity index is 272. The fraction of sp³-hybridized carbons (Fsp3) is 0.333. The van der Waals surface area contributed by atoms with Crippen molar-refractivity contribution in [3.63, 3.8) is 0 Å². The van der Waals surface area contributed by atoms with Gasteiger partial charge in [-0.3, -0.25) is 0 Å². The van der Waals surface area contributed by atoms with Crippen molar-refractivity contribution in [2.45, 2.75) is 19.8 Å². The summed E-state index contributed by atoms with van der Waals surface area (Å²) in [5.41, 5.74) is 0.707. The normalized spacial score (nSPS) is 10.8. The average Bonchev–Trinajstić information content (AvgIpc) is 1.99. The third-order valence-corrected chi connectivity index (χ3v) is 1.95. The maximum atomic E-state index is 12.7. The van der Waals surface area contributed by atoms with Gasteiger partial charge in [-0.15, -0.1) is 0 Å². The van der Waals surface area contributed by atoms with Gasteiger partial charge in [-0.2, -0.15) is 0 Å². The second kappa shape index (κ2) is 3.40. The predicted octanol–water partition coefficient (Wildman–Crippen LogP) is 3.74. The summed E-state index contributed by atoms with van der Waals surface area (Å²) in [5.74, 6) is -1.70. The number of benzene rings is 1. The summed E-state index contributed by atoms with van der Waals surface area (Å²) in [7, 11) is 0. The number of hydrogen-bond acceptors (Lipinski definition) is 0. The summed E-state index contributed by atoms with van der Waals surface area (Å²) in [5, 5.41) is -0.154. The van der Waals surface area contributed by atoms with Gasteiger partial charge in [-0.25, -0.2) is 8.78 Å². The molecular formula is C9H9ClF2. The zero-order chi connectivity index (χ0) is 9.30. The van der Waals surface area contributed by atoms with E-state index in [0.717, 1.165) is 0 Å². The molecule has 0 spiro atoms. The Hall–Kier alpha value is -0.630. The average molecular weight is 191 g/mol. The molecule has 0 heterocycles. The molecule has 0 saturated heterocycles. The number of hydrogen-bond donors (Lipinski definition) is 0. The molecular weight excluding hydrogens is 182 g/mol. The predicted molar refractivity (Wildman–Crippen MR) is 45.5 cm³/mol. The van der Waals surface area contributed by atoms with E-state index in [4.69, 9.17) is 11.6 Å². The molecule has 0 amide bonds. The van der Waals surface area contributed by atoms with E-state index in [1.165, 1.54) is 12.1 Å². The minimum atomic E-state index is -0.971. The molecule has 0 N–H and O–H groups in total. The van der Waals surface area contributed by atoms with Gasteiger partial charge in [0.25, 0.3) is 0 Å². The maximum Gasteiger partial charge on any atom is 0.177 e. The van der Waals surface area contributed by atoms with E-state index in [1.807, 2.05) is 13.8 Å². The van der Waals surface area contributed by atoms with Crippen molar-refractivity contribution in [2.75, 3.05) is 0 Å². The standard InChI is InChI=1S/C9H9ClF2/c1-5(2)6-3-7(10)9(12)8(11)4-6/h3-5H,1-2H3. The Morgan fingerprint density at radius 1 is 1.25 bits per heavy atom. The zero-order valence-electron chi connectivity index (χ0n) is 6.87. The molecule has 1 aromatic rings. The van der Waals surface area contributed by atoms with Gasteiger partial charge in [-0.1, -0.05) is 25.4 Å². The Balaban J connectivity index is 3.21. The lowest BCUT2D eigenvalue weighted by Gasteiger charge is -2.06. The lowest BCUT2D eigenvalue weighted by atomic mass is 10.0. The van der Waals surface area contributed by atoms with Gasteiger partial charge in [-0.05, 0) is 23.6 Å². The molecule has 0 aliphatic heterocycles. The summed E-state index contributed by atoms with van der Waals surface area (Å²) < 4.78 is 25.4. The molecule has 0 radical (unpaired) electrons. The quantitative estimate of drug-likeness (QED) is 0.592. The molecule has 0 aliphatic rings. The fourth-order valence-electron chi connectivity index (χ4n) is 0.908. The Labute approximate surface area is 75.2 Å². The lowest BCUT2D eigenvalue weighted by Crippen LogP contribution is -1.92. The van der Waals surface area contributed by atoms with Crippen molar-refractivity contribution >= 4 is 11.6 Å². The molecule has 66 valence electrons. The highest BCUT2D eigenvalue weighted by Crippen LogP contribution is 2.24.